The quantitative estimate of drug-likeness (QED) is 0.101. The van der Waals surface area contributed by atoms with E-state index in [0.717, 1.165) is 58.7 Å². The predicted molar refractivity (Wildman–Crippen MR) is 190 cm³/mol. The third kappa shape index (κ3) is 8.12. The number of ether oxygens (including phenoxy) is 2. The number of aromatic nitrogens is 5. The molecule has 0 bridgehead atoms. The average molecular weight is 731 g/mol. The van der Waals surface area contributed by atoms with E-state index in [9.17, 15) is 0 Å². The molecule has 0 fully saturated rings. The zero-order valence-electron chi connectivity index (χ0n) is 28.8. The molecule has 0 unspecified atom stereocenters. The predicted octanol–water partition coefficient (Wildman–Crippen LogP) is 9.62. The van der Waals surface area contributed by atoms with Crippen LogP contribution >= 0.6 is 0 Å². The second kappa shape index (κ2) is 16.8. The van der Waals surface area contributed by atoms with Gasteiger partial charge in [-0.25, -0.2) is 0 Å². The second-order valence-corrected chi connectivity index (χ2v) is 25.3. The Morgan fingerprint density at radius 1 is 0.804 bits per heavy atom. The number of fused-ring (bicyclic) bond motifs is 1. The Morgan fingerprint density at radius 2 is 1.50 bits per heavy atom. The average Bonchev–Trinajstić information content (AvgIpc) is 3.61. The van der Waals surface area contributed by atoms with E-state index >= 15 is 0 Å². The van der Waals surface area contributed by atoms with Crippen molar-refractivity contribution in [1.29, 1.82) is 0 Å². The van der Waals surface area contributed by atoms with E-state index in [1.165, 1.54) is 75.9 Å². The van der Waals surface area contributed by atoms with Crippen LogP contribution in [0.3, 0.4) is 0 Å². The molecule has 2 aromatic carbocycles. The van der Waals surface area contributed by atoms with Gasteiger partial charge in [0.15, 0.2) is 0 Å². The van der Waals surface area contributed by atoms with E-state index in [4.69, 9.17) is 29.9 Å². The number of aryl methyl sites for hydroxylation is 3. The fourth-order valence-corrected chi connectivity index (χ4v) is 20.8. The van der Waals surface area contributed by atoms with Gasteiger partial charge in [0.2, 0.25) is 0 Å². The first-order valence-corrected chi connectivity index (χ1v) is 25.1. The Morgan fingerprint density at radius 3 is 2.15 bits per heavy atom. The molecule has 2 aromatic heterocycles. The monoisotopic (exact) mass is 731 g/mol. The second-order valence-electron chi connectivity index (χ2n) is 12.9. The summed E-state index contributed by atoms with van der Waals surface area (Å²) < 4.78 is 18.1. The number of nitrogens with zero attached hydrogens (tertiary/aromatic N) is 5. The van der Waals surface area contributed by atoms with Crippen LogP contribution in [0.15, 0.2) is 48.5 Å². The van der Waals surface area contributed by atoms with Gasteiger partial charge in [0, 0.05) is 5.69 Å². The van der Waals surface area contributed by atoms with E-state index in [0.29, 0.717) is 12.4 Å². The summed E-state index contributed by atoms with van der Waals surface area (Å²) in [5, 5.41) is 14.7. The van der Waals surface area contributed by atoms with E-state index in [2.05, 4.69) is 73.2 Å². The van der Waals surface area contributed by atoms with Crippen LogP contribution in [0.2, 0.25) is 13.3 Å². The SMILES string of the molecule is CCC[CH2][Sn]([CH2]CCC)([CH2]CCC)[n]1nnc(-c2ccc(OC)cc2-c2ccc(COc3cc4c(nc3CC)CCCC4)cc2)n1. The summed E-state index contributed by atoms with van der Waals surface area (Å²) in [7, 11) is 1.71. The third-order valence-corrected chi connectivity index (χ3v) is 23.6. The van der Waals surface area contributed by atoms with E-state index in [-0.39, 0.29) is 0 Å². The molecule has 46 heavy (non-hydrogen) atoms. The molecule has 0 N–H and O–H groups in total. The molecule has 0 atom stereocenters. The topological polar surface area (TPSA) is 75.0 Å². The van der Waals surface area contributed by atoms with Crippen molar-refractivity contribution in [3.63, 3.8) is 0 Å². The zero-order valence-corrected chi connectivity index (χ0v) is 31.6. The summed E-state index contributed by atoms with van der Waals surface area (Å²) in [5.74, 6) is 2.45. The molecule has 5 rings (SSSR count). The first-order chi connectivity index (χ1) is 22.5. The molecule has 7 nitrogen and oxygen atoms in total. The number of unbranched alkanes of at least 4 members (excludes halogenated alkanes) is 3. The van der Waals surface area contributed by atoms with Crippen LogP contribution in [0, 0.1) is 0 Å². The summed E-state index contributed by atoms with van der Waals surface area (Å²) in [4.78, 5) is 4.96. The standard InChI is InChI=1S/C26H26N5O2.3C4H9.Sn/c1-3-23-25(14-19-6-4-5-7-24(19)27-23)33-16-17-8-10-18(11-9-17)22-15-20(32-2)12-13-21(22)26-28-30-31-29-26;3*1-3-4-2;/h8-15H,3-7,16H2,1-2H3;3*1,3-4H2,2H3;/q-1;;;;+1. The van der Waals surface area contributed by atoms with Gasteiger partial charge in [-0.15, -0.1) is 0 Å². The molecule has 0 saturated carbocycles. The van der Waals surface area contributed by atoms with Crippen molar-refractivity contribution < 1.29 is 9.47 Å². The van der Waals surface area contributed by atoms with Gasteiger partial charge in [0.05, 0.1) is 5.69 Å². The fraction of sp³-hybridized carbons (Fsp3) is 0.526. The summed E-state index contributed by atoms with van der Waals surface area (Å²) in [6.45, 7) is 9.56. The van der Waals surface area contributed by atoms with E-state index in [1.807, 2.05) is 6.07 Å². The molecule has 0 radical (unpaired) electrons. The molecular formula is C38H53N5O2Sn. The van der Waals surface area contributed by atoms with Crippen molar-refractivity contribution >= 4 is 18.7 Å². The molecular weight excluding hydrogens is 677 g/mol. The van der Waals surface area contributed by atoms with Crippen LogP contribution < -0.4 is 9.47 Å². The van der Waals surface area contributed by atoms with Gasteiger partial charge in [-0.2, -0.15) is 0 Å². The van der Waals surface area contributed by atoms with Crippen LogP contribution in [0.1, 0.15) is 102 Å². The Balaban J connectivity index is 1.41. The fourth-order valence-electron chi connectivity index (χ4n) is 6.78. The van der Waals surface area contributed by atoms with Crippen molar-refractivity contribution in [2.75, 3.05) is 7.11 Å². The number of rotatable bonds is 17. The zero-order chi connectivity index (χ0) is 32.4. The van der Waals surface area contributed by atoms with Crippen LogP contribution in [0.5, 0.6) is 11.5 Å². The van der Waals surface area contributed by atoms with Gasteiger partial charge >= 0.3 is 215 Å². The Bertz CT molecular complexity index is 1530. The molecule has 0 saturated heterocycles. The normalized spacial score (nSPS) is 13.1. The van der Waals surface area contributed by atoms with Gasteiger partial charge in [0.25, 0.3) is 0 Å². The Labute approximate surface area is 280 Å². The number of tetrazole rings is 1. The molecule has 2 heterocycles. The molecule has 0 spiro atoms. The number of pyridine rings is 1. The van der Waals surface area contributed by atoms with Crippen LogP contribution in [0.4, 0.5) is 0 Å². The molecule has 1 aliphatic rings. The number of hydrogen-bond donors (Lipinski definition) is 0. The van der Waals surface area contributed by atoms with Gasteiger partial charge < -0.3 is 0 Å². The first kappa shape index (κ1) is 34.4. The van der Waals surface area contributed by atoms with Crippen molar-refractivity contribution in [3.05, 3.63) is 71.0 Å². The maximum atomic E-state index is 6.37. The molecule has 4 aromatic rings. The van der Waals surface area contributed by atoms with Crippen LogP contribution in [0.25, 0.3) is 22.5 Å². The minimum absolute atomic E-state index is 0.511. The molecule has 8 heteroatoms. The van der Waals surface area contributed by atoms with Gasteiger partial charge in [-0.3, -0.25) is 4.98 Å². The molecule has 0 aliphatic heterocycles. The molecule has 0 amide bonds. The maximum absolute atomic E-state index is 6.37. The van der Waals surface area contributed by atoms with Crippen molar-refractivity contribution in [2.24, 2.45) is 0 Å². The van der Waals surface area contributed by atoms with Gasteiger partial charge in [-0.05, 0) is 43.7 Å². The number of benzene rings is 2. The third-order valence-electron chi connectivity index (χ3n) is 9.63. The number of hydrogen-bond acceptors (Lipinski definition) is 6. The molecule has 1 aliphatic carbocycles. The minimum atomic E-state index is -2.88. The van der Waals surface area contributed by atoms with Gasteiger partial charge in [0.1, 0.15) is 0 Å². The van der Waals surface area contributed by atoms with Crippen molar-refractivity contribution in [2.45, 2.75) is 118 Å². The Hall–Kier alpha value is -2.94. The summed E-state index contributed by atoms with van der Waals surface area (Å²) >= 11 is -2.88. The van der Waals surface area contributed by atoms with Gasteiger partial charge in [-0.1, -0.05) is 6.92 Å². The van der Waals surface area contributed by atoms with E-state index < -0.39 is 18.7 Å². The summed E-state index contributed by atoms with van der Waals surface area (Å²) in [5.41, 5.74) is 7.94. The summed E-state index contributed by atoms with van der Waals surface area (Å²) in [6.07, 6.45) is 12.9. The van der Waals surface area contributed by atoms with Crippen molar-refractivity contribution in [3.8, 4) is 34.0 Å². The summed E-state index contributed by atoms with van der Waals surface area (Å²) in [6, 6.07) is 17.1. The van der Waals surface area contributed by atoms with Crippen LogP contribution in [-0.2, 0) is 25.9 Å². The van der Waals surface area contributed by atoms with Crippen molar-refractivity contribution in [1.82, 2.24) is 23.4 Å². The molecule has 246 valence electrons. The number of methoxy groups -OCH3 is 1. The van der Waals surface area contributed by atoms with E-state index in [1.54, 1.807) is 7.11 Å². The Kier molecular flexibility index (Phi) is 12.5. The first-order valence-electron chi connectivity index (χ1n) is 17.8. The van der Waals surface area contributed by atoms with Crippen LogP contribution in [-0.4, -0.2) is 49.2 Å².